The number of benzene rings is 1. The van der Waals surface area contributed by atoms with Gasteiger partial charge in [0, 0.05) is 10.0 Å². The first-order chi connectivity index (χ1) is 6.36. The number of ether oxygens (including phenoxy) is 1. The minimum atomic E-state index is -0.997. The SMILES string of the molecule is COc1cc(Br)c(C(C)(C)O)cc1O. The Morgan fingerprint density at radius 2 is 1.93 bits per heavy atom. The van der Waals surface area contributed by atoms with Crippen molar-refractivity contribution < 1.29 is 14.9 Å². The maximum absolute atomic E-state index is 9.78. The molecule has 0 heterocycles. The van der Waals surface area contributed by atoms with E-state index in [1.165, 1.54) is 13.2 Å². The summed E-state index contributed by atoms with van der Waals surface area (Å²) >= 11 is 3.31. The Bertz CT molecular complexity index is 342. The highest BCUT2D eigenvalue weighted by Crippen LogP contribution is 2.37. The molecule has 78 valence electrons. The highest BCUT2D eigenvalue weighted by molar-refractivity contribution is 9.10. The molecule has 0 saturated carbocycles. The molecule has 0 aliphatic rings. The van der Waals surface area contributed by atoms with E-state index in [1.807, 2.05) is 0 Å². The van der Waals surface area contributed by atoms with Crippen LogP contribution in [0.5, 0.6) is 11.5 Å². The molecule has 0 spiro atoms. The lowest BCUT2D eigenvalue weighted by molar-refractivity contribution is 0.0775. The first-order valence-corrected chi connectivity index (χ1v) is 4.95. The van der Waals surface area contributed by atoms with Gasteiger partial charge < -0.3 is 14.9 Å². The van der Waals surface area contributed by atoms with Gasteiger partial charge in [-0.05, 0) is 26.0 Å². The van der Waals surface area contributed by atoms with Crippen LogP contribution in [0.15, 0.2) is 16.6 Å². The van der Waals surface area contributed by atoms with Crippen LogP contribution in [0.2, 0.25) is 0 Å². The molecule has 0 amide bonds. The van der Waals surface area contributed by atoms with Crippen LogP contribution in [0.1, 0.15) is 19.4 Å². The third kappa shape index (κ3) is 2.19. The number of phenols is 1. The van der Waals surface area contributed by atoms with Crippen molar-refractivity contribution in [2.75, 3.05) is 7.11 Å². The predicted molar refractivity (Wildman–Crippen MR) is 57.6 cm³/mol. The van der Waals surface area contributed by atoms with Crippen molar-refractivity contribution in [1.82, 2.24) is 0 Å². The van der Waals surface area contributed by atoms with E-state index in [0.29, 0.717) is 15.8 Å². The fraction of sp³-hybridized carbons (Fsp3) is 0.400. The van der Waals surface area contributed by atoms with E-state index >= 15 is 0 Å². The average molecular weight is 261 g/mol. The van der Waals surface area contributed by atoms with Gasteiger partial charge in [0.2, 0.25) is 0 Å². The van der Waals surface area contributed by atoms with Crippen LogP contribution in [0, 0.1) is 0 Å². The summed E-state index contributed by atoms with van der Waals surface area (Å²) in [5.41, 5.74) is -0.376. The van der Waals surface area contributed by atoms with E-state index < -0.39 is 5.60 Å². The quantitative estimate of drug-likeness (QED) is 0.859. The van der Waals surface area contributed by atoms with Crippen molar-refractivity contribution >= 4 is 15.9 Å². The van der Waals surface area contributed by atoms with Gasteiger partial charge in [-0.2, -0.15) is 0 Å². The molecule has 0 aliphatic carbocycles. The molecule has 1 aromatic carbocycles. The molecule has 0 radical (unpaired) electrons. The maximum atomic E-state index is 9.78. The van der Waals surface area contributed by atoms with E-state index in [0.717, 1.165) is 0 Å². The Labute approximate surface area is 91.5 Å². The molecule has 14 heavy (non-hydrogen) atoms. The van der Waals surface area contributed by atoms with Crippen LogP contribution >= 0.6 is 15.9 Å². The first-order valence-electron chi connectivity index (χ1n) is 4.15. The number of hydrogen-bond acceptors (Lipinski definition) is 3. The molecule has 0 saturated heterocycles. The molecular weight excluding hydrogens is 248 g/mol. The summed E-state index contributed by atoms with van der Waals surface area (Å²) in [6.45, 7) is 3.30. The number of rotatable bonds is 2. The van der Waals surface area contributed by atoms with E-state index in [4.69, 9.17) is 4.74 Å². The molecule has 2 N–H and O–H groups in total. The molecule has 1 aromatic rings. The summed E-state index contributed by atoms with van der Waals surface area (Å²) in [6, 6.07) is 3.12. The Balaban J connectivity index is 3.29. The summed E-state index contributed by atoms with van der Waals surface area (Å²) in [5, 5.41) is 19.3. The minimum absolute atomic E-state index is 0.0211. The Kier molecular flexibility index (Phi) is 3.07. The van der Waals surface area contributed by atoms with Gasteiger partial charge in [0.05, 0.1) is 12.7 Å². The summed E-state index contributed by atoms with van der Waals surface area (Å²) in [6.07, 6.45) is 0. The monoisotopic (exact) mass is 260 g/mol. The molecule has 3 nitrogen and oxygen atoms in total. The Morgan fingerprint density at radius 3 is 2.36 bits per heavy atom. The molecule has 1 rings (SSSR count). The fourth-order valence-electron chi connectivity index (χ4n) is 1.18. The van der Waals surface area contributed by atoms with Gasteiger partial charge in [-0.15, -0.1) is 0 Å². The van der Waals surface area contributed by atoms with Crippen molar-refractivity contribution in [3.05, 3.63) is 22.2 Å². The number of aromatic hydroxyl groups is 1. The lowest BCUT2D eigenvalue weighted by Crippen LogP contribution is -2.16. The number of halogens is 1. The zero-order chi connectivity index (χ0) is 10.9. The van der Waals surface area contributed by atoms with Gasteiger partial charge in [-0.25, -0.2) is 0 Å². The molecule has 0 aromatic heterocycles. The smallest absolute Gasteiger partial charge is 0.161 e. The van der Waals surface area contributed by atoms with Crippen LogP contribution < -0.4 is 4.74 Å². The lowest BCUT2D eigenvalue weighted by Gasteiger charge is -2.20. The molecule has 0 atom stereocenters. The number of phenolic OH excluding ortho intramolecular Hbond substituents is 1. The average Bonchev–Trinajstić information content (AvgIpc) is 2.06. The number of aliphatic hydroxyl groups is 1. The van der Waals surface area contributed by atoms with Crippen molar-refractivity contribution in [3.63, 3.8) is 0 Å². The second-order valence-corrected chi connectivity index (χ2v) is 4.42. The van der Waals surface area contributed by atoms with Crippen LogP contribution in [0.25, 0.3) is 0 Å². The number of hydrogen-bond donors (Lipinski definition) is 2. The lowest BCUT2D eigenvalue weighted by atomic mass is 9.98. The van der Waals surface area contributed by atoms with Crippen molar-refractivity contribution in [3.8, 4) is 11.5 Å². The van der Waals surface area contributed by atoms with Crippen LogP contribution in [0.3, 0.4) is 0 Å². The molecule has 0 fully saturated rings. The highest BCUT2D eigenvalue weighted by Gasteiger charge is 2.21. The van der Waals surface area contributed by atoms with E-state index in [-0.39, 0.29) is 5.75 Å². The third-order valence-corrected chi connectivity index (χ3v) is 2.58. The highest BCUT2D eigenvalue weighted by atomic mass is 79.9. The number of methoxy groups -OCH3 is 1. The summed E-state index contributed by atoms with van der Waals surface area (Å²) in [4.78, 5) is 0. The normalized spacial score (nSPS) is 11.5. The Hall–Kier alpha value is -0.740. The maximum Gasteiger partial charge on any atom is 0.161 e. The third-order valence-electron chi connectivity index (χ3n) is 1.93. The predicted octanol–water partition coefficient (Wildman–Crippen LogP) is 2.39. The van der Waals surface area contributed by atoms with Gasteiger partial charge in [-0.3, -0.25) is 0 Å². The van der Waals surface area contributed by atoms with Gasteiger partial charge in [0.15, 0.2) is 11.5 Å². The zero-order valence-corrected chi connectivity index (χ0v) is 9.92. The molecule has 4 heteroatoms. The van der Waals surface area contributed by atoms with Gasteiger partial charge in [-0.1, -0.05) is 15.9 Å². The van der Waals surface area contributed by atoms with Crippen LogP contribution in [-0.4, -0.2) is 17.3 Å². The van der Waals surface area contributed by atoms with Gasteiger partial charge in [0.1, 0.15) is 0 Å². The molecular formula is C10H13BrO3. The van der Waals surface area contributed by atoms with Crippen molar-refractivity contribution in [2.24, 2.45) is 0 Å². The van der Waals surface area contributed by atoms with Crippen molar-refractivity contribution in [2.45, 2.75) is 19.4 Å². The first kappa shape index (κ1) is 11.3. The molecule has 0 aliphatic heterocycles. The summed E-state index contributed by atoms with van der Waals surface area (Å²) in [5.74, 6) is 0.401. The fourth-order valence-corrected chi connectivity index (χ4v) is 1.98. The Morgan fingerprint density at radius 1 is 1.36 bits per heavy atom. The summed E-state index contributed by atoms with van der Waals surface area (Å²) < 4.78 is 5.64. The second kappa shape index (κ2) is 3.79. The van der Waals surface area contributed by atoms with E-state index in [1.54, 1.807) is 19.9 Å². The topological polar surface area (TPSA) is 49.7 Å². The standard InChI is InChI=1S/C10H13BrO3/c1-10(2,13)6-4-8(12)9(14-3)5-7(6)11/h4-5,12-13H,1-3H3. The van der Waals surface area contributed by atoms with Crippen LogP contribution in [-0.2, 0) is 5.60 Å². The molecule has 0 unspecified atom stereocenters. The second-order valence-electron chi connectivity index (χ2n) is 3.56. The van der Waals surface area contributed by atoms with Gasteiger partial charge >= 0.3 is 0 Å². The van der Waals surface area contributed by atoms with Crippen molar-refractivity contribution in [1.29, 1.82) is 0 Å². The zero-order valence-electron chi connectivity index (χ0n) is 8.34. The van der Waals surface area contributed by atoms with E-state index in [9.17, 15) is 10.2 Å². The van der Waals surface area contributed by atoms with Crippen LogP contribution in [0.4, 0.5) is 0 Å². The minimum Gasteiger partial charge on any atom is -0.504 e. The summed E-state index contributed by atoms with van der Waals surface area (Å²) in [7, 11) is 1.48. The van der Waals surface area contributed by atoms with Gasteiger partial charge in [0.25, 0.3) is 0 Å². The molecule has 0 bridgehead atoms. The van der Waals surface area contributed by atoms with E-state index in [2.05, 4.69) is 15.9 Å². The largest absolute Gasteiger partial charge is 0.504 e.